The van der Waals surface area contributed by atoms with Crippen molar-refractivity contribution in [3.63, 3.8) is 0 Å². The minimum absolute atomic E-state index is 0.0916. The molecule has 0 bridgehead atoms. The highest BCUT2D eigenvalue weighted by Gasteiger charge is 2.19. The standard InChI is InChI=1S/C53H90O6/c1-4-7-10-13-16-19-22-24-25-26-27-29-31-34-37-40-43-46-52(55)58-49-50(48-57-51(54)45-42-39-36-33-30-21-18-15-12-9-6-3)59-53(56)47-44-41-38-35-32-28-23-20-17-14-11-8-5-2/h7,10,15-16,18-20,23-25,27,29,50H,4-6,8-9,11-14,17,21-22,26,28,30-49H2,1-3H3/b10-7-,18-15-,19-16-,23-20-,25-24-,29-27-. The van der Waals surface area contributed by atoms with Crippen molar-refractivity contribution in [3.05, 3.63) is 72.9 Å². The highest BCUT2D eigenvalue weighted by Crippen LogP contribution is 2.13. The number of esters is 3. The molecule has 0 spiro atoms. The van der Waals surface area contributed by atoms with Crippen LogP contribution in [0, 0.1) is 0 Å². The third-order valence-electron chi connectivity index (χ3n) is 10.2. The highest BCUT2D eigenvalue weighted by molar-refractivity contribution is 5.71. The lowest BCUT2D eigenvalue weighted by molar-refractivity contribution is -0.167. The van der Waals surface area contributed by atoms with Crippen molar-refractivity contribution in [1.29, 1.82) is 0 Å². The van der Waals surface area contributed by atoms with Crippen molar-refractivity contribution >= 4 is 17.9 Å². The van der Waals surface area contributed by atoms with Gasteiger partial charge in [0, 0.05) is 19.3 Å². The smallest absolute Gasteiger partial charge is 0.306 e. The van der Waals surface area contributed by atoms with Crippen LogP contribution in [0.25, 0.3) is 0 Å². The average molecular weight is 823 g/mol. The van der Waals surface area contributed by atoms with Gasteiger partial charge in [-0.1, -0.05) is 177 Å². The average Bonchev–Trinajstić information content (AvgIpc) is 3.23. The van der Waals surface area contributed by atoms with Gasteiger partial charge in [-0.15, -0.1) is 0 Å². The van der Waals surface area contributed by atoms with Crippen LogP contribution >= 0.6 is 0 Å². The summed E-state index contributed by atoms with van der Waals surface area (Å²) in [5.41, 5.74) is 0. The van der Waals surface area contributed by atoms with Crippen molar-refractivity contribution in [1.82, 2.24) is 0 Å². The number of ether oxygens (including phenoxy) is 3. The lowest BCUT2D eigenvalue weighted by Crippen LogP contribution is -2.30. The molecule has 338 valence electrons. The Morgan fingerprint density at radius 2 is 0.678 bits per heavy atom. The van der Waals surface area contributed by atoms with Crippen LogP contribution in [-0.2, 0) is 28.6 Å². The molecule has 0 aliphatic rings. The van der Waals surface area contributed by atoms with Gasteiger partial charge < -0.3 is 14.2 Å². The molecule has 0 amide bonds. The van der Waals surface area contributed by atoms with E-state index in [4.69, 9.17) is 14.2 Å². The van der Waals surface area contributed by atoms with E-state index in [0.29, 0.717) is 19.3 Å². The second kappa shape index (κ2) is 47.5. The maximum absolute atomic E-state index is 12.7. The quantitative estimate of drug-likeness (QED) is 0.0264. The molecular formula is C53H90O6. The zero-order valence-corrected chi connectivity index (χ0v) is 38.5. The fraction of sp³-hybridized carbons (Fsp3) is 0.717. The number of allylic oxidation sites excluding steroid dienone is 12. The molecule has 0 saturated carbocycles. The second-order valence-electron chi connectivity index (χ2n) is 16.0. The van der Waals surface area contributed by atoms with E-state index in [1.165, 1.54) is 70.6 Å². The third-order valence-corrected chi connectivity index (χ3v) is 10.2. The minimum atomic E-state index is -0.791. The van der Waals surface area contributed by atoms with Gasteiger partial charge in [-0.2, -0.15) is 0 Å². The Kier molecular flexibility index (Phi) is 45.0. The van der Waals surface area contributed by atoms with Gasteiger partial charge in [-0.25, -0.2) is 0 Å². The molecular weight excluding hydrogens is 733 g/mol. The lowest BCUT2D eigenvalue weighted by atomic mass is 10.1. The van der Waals surface area contributed by atoms with Gasteiger partial charge in [0.15, 0.2) is 6.10 Å². The van der Waals surface area contributed by atoms with Crippen LogP contribution in [-0.4, -0.2) is 37.2 Å². The summed E-state index contributed by atoms with van der Waals surface area (Å²) >= 11 is 0. The minimum Gasteiger partial charge on any atom is -0.462 e. The SMILES string of the molecule is CC/C=C\C/C=C\C/C=C\C/C=C\CCCCCCC(=O)OCC(COC(=O)CCCCCCC/C=C\CCCC)OC(=O)CCCCCCC/C=C\CCCCCC. The van der Waals surface area contributed by atoms with Gasteiger partial charge in [-0.05, 0) is 103 Å². The zero-order chi connectivity index (χ0) is 43.0. The Balaban J connectivity index is 4.43. The first-order chi connectivity index (χ1) is 29.0. The Morgan fingerprint density at radius 1 is 0.356 bits per heavy atom. The zero-order valence-electron chi connectivity index (χ0n) is 38.5. The number of hydrogen-bond donors (Lipinski definition) is 0. The van der Waals surface area contributed by atoms with Gasteiger partial charge in [0.25, 0.3) is 0 Å². The van der Waals surface area contributed by atoms with Gasteiger partial charge in [0.1, 0.15) is 13.2 Å². The third kappa shape index (κ3) is 45.8. The second-order valence-corrected chi connectivity index (χ2v) is 16.0. The molecule has 0 aromatic carbocycles. The highest BCUT2D eigenvalue weighted by atomic mass is 16.6. The van der Waals surface area contributed by atoms with Crippen LogP contribution in [0.3, 0.4) is 0 Å². The van der Waals surface area contributed by atoms with Crippen molar-refractivity contribution in [2.75, 3.05) is 13.2 Å². The van der Waals surface area contributed by atoms with Crippen molar-refractivity contribution in [2.45, 2.75) is 232 Å². The van der Waals surface area contributed by atoms with E-state index < -0.39 is 6.10 Å². The topological polar surface area (TPSA) is 78.9 Å². The Labute approximate surface area is 363 Å². The largest absolute Gasteiger partial charge is 0.462 e. The van der Waals surface area contributed by atoms with Crippen LogP contribution in [0.2, 0.25) is 0 Å². The van der Waals surface area contributed by atoms with Crippen molar-refractivity contribution < 1.29 is 28.6 Å². The van der Waals surface area contributed by atoms with Crippen molar-refractivity contribution in [3.8, 4) is 0 Å². The molecule has 0 rings (SSSR count). The van der Waals surface area contributed by atoms with E-state index in [2.05, 4.69) is 93.7 Å². The van der Waals surface area contributed by atoms with Gasteiger partial charge in [0.05, 0.1) is 0 Å². The summed E-state index contributed by atoms with van der Waals surface area (Å²) in [6, 6.07) is 0. The van der Waals surface area contributed by atoms with Crippen LogP contribution in [0.4, 0.5) is 0 Å². The molecule has 6 heteroatoms. The van der Waals surface area contributed by atoms with Gasteiger partial charge >= 0.3 is 17.9 Å². The first kappa shape index (κ1) is 55.9. The first-order valence-electron chi connectivity index (χ1n) is 24.4. The fourth-order valence-corrected chi connectivity index (χ4v) is 6.47. The summed E-state index contributed by atoms with van der Waals surface area (Å²) in [4.78, 5) is 37.8. The molecule has 0 N–H and O–H groups in total. The van der Waals surface area contributed by atoms with E-state index in [9.17, 15) is 14.4 Å². The van der Waals surface area contributed by atoms with E-state index in [1.54, 1.807) is 0 Å². The van der Waals surface area contributed by atoms with Crippen LogP contribution in [0.15, 0.2) is 72.9 Å². The fourth-order valence-electron chi connectivity index (χ4n) is 6.47. The molecule has 0 heterocycles. The first-order valence-corrected chi connectivity index (χ1v) is 24.4. The number of carbonyl (C=O) groups excluding carboxylic acids is 3. The molecule has 0 radical (unpaired) electrons. The molecule has 6 nitrogen and oxygen atoms in total. The van der Waals surface area contributed by atoms with Crippen LogP contribution < -0.4 is 0 Å². The number of unbranched alkanes of at least 4 members (excludes halogenated alkanes) is 20. The number of hydrogen-bond acceptors (Lipinski definition) is 6. The maximum Gasteiger partial charge on any atom is 0.306 e. The molecule has 0 aromatic heterocycles. The molecule has 1 unspecified atom stereocenters. The van der Waals surface area contributed by atoms with E-state index in [-0.39, 0.29) is 31.1 Å². The lowest BCUT2D eigenvalue weighted by Gasteiger charge is -2.18. The van der Waals surface area contributed by atoms with E-state index in [1.807, 2.05) is 0 Å². The maximum atomic E-state index is 12.7. The molecule has 0 fully saturated rings. The van der Waals surface area contributed by atoms with E-state index >= 15 is 0 Å². The molecule has 0 aromatic rings. The molecule has 1 atom stereocenters. The number of rotatable bonds is 43. The van der Waals surface area contributed by atoms with Crippen molar-refractivity contribution in [2.24, 2.45) is 0 Å². The molecule has 0 aliphatic heterocycles. The predicted molar refractivity (Wildman–Crippen MR) is 251 cm³/mol. The summed E-state index contributed by atoms with van der Waals surface area (Å²) in [6.45, 7) is 6.42. The van der Waals surface area contributed by atoms with Gasteiger partial charge in [0.2, 0.25) is 0 Å². The van der Waals surface area contributed by atoms with Crippen LogP contribution in [0.1, 0.15) is 226 Å². The van der Waals surface area contributed by atoms with Gasteiger partial charge in [-0.3, -0.25) is 14.4 Å². The summed E-state index contributed by atoms with van der Waals surface area (Å²) in [5.74, 6) is -0.937. The molecule has 59 heavy (non-hydrogen) atoms. The molecule has 0 saturated heterocycles. The monoisotopic (exact) mass is 823 g/mol. The Bertz CT molecular complexity index is 1130. The number of carbonyl (C=O) groups is 3. The summed E-state index contributed by atoms with van der Waals surface area (Å²) < 4.78 is 16.7. The summed E-state index contributed by atoms with van der Waals surface area (Å²) in [6.07, 6.45) is 58.8. The Hall–Kier alpha value is -3.15. The van der Waals surface area contributed by atoms with Crippen LogP contribution in [0.5, 0.6) is 0 Å². The summed E-state index contributed by atoms with van der Waals surface area (Å²) in [7, 11) is 0. The summed E-state index contributed by atoms with van der Waals surface area (Å²) in [5, 5.41) is 0. The van der Waals surface area contributed by atoms with E-state index in [0.717, 1.165) is 116 Å². The normalized spacial score (nSPS) is 12.7. The Morgan fingerprint density at radius 3 is 1.10 bits per heavy atom. The predicted octanol–water partition coefficient (Wildman–Crippen LogP) is 15.9. The molecule has 0 aliphatic carbocycles.